The highest BCUT2D eigenvalue weighted by atomic mass is 16.2. The van der Waals surface area contributed by atoms with Crippen molar-refractivity contribution in [2.45, 2.75) is 45.1 Å². The highest BCUT2D eigenvalue weighted by Crippen LogP contribution is 2.24. The number of carbonyl (C=O) groups is 2. The van der Waals surface area contributed by atoms with Crippen molar-refractivity contribution in [3.05, 3.63) is 41.5 Å². The summed E-state index contributed by atoms with van der Waals surface area (Å²) < 4.78 is 0. The van der Waals surface area contributed by atoms with Crippen molar-refractivity contribution >= 4 is 17.5 Å². The Morgan fingerprint density at radius 2 is 1.95 bits per heavy atom. The topological polar surface area (TPSA) is 58.2 Å². The van der Waals surface area contributed by atoms with Crippen LogP contribution in [0.3, 0.4) is 0 Å². The lowest BCUT2D eigenvalue weighted by Gasteiger charge is -2.18. The Balaban J connectivity index is 1.70. The van der Waals surface area contributed by atoms with Gasteiger partial charge in [0.2, 0.25) is 5.91 Å². The Morgan fingerprint density at radius 1 is 1.14 bits per heavy atom. The summed E-state index contributed by atoms with van der Waals surface area (Å²) in [4.78, 5) is 24.5. The van der Waals surface area contributed by atoms with Gasteiger partial charge in [-0.2, -0.15) is 0 Å². The van der Waals surface area contributed by atoms with Gasteiger partial charge in [-0.05, 0) is 56.7 Å². The van der Waals surface area contributed by atoms with Gasteiger partial charge in [0.15, 0.2) is 0 Å². The molecule has 3 rings (SSSR count). The predicted molar refractivity (Wildman–Crippen MR) is 86.8 cm³/mol. The number of benzene rings is 1. The summed E-state index contributed by atoms with van der Waals surface area (Å²) in [5.41, 5.74) is 2.32. The summed E-state index contributed by atoms with van der Waals surface area (Å²) in [6, 6.07) is 5.81. The second-order valence-electron chi connectivity index (χ2n) is 6.25. The van der Waals surface area contributed by atoms with Crippen LogP contribution in [0.4, 0.5) is 5.69 Å². The number of rotatable bonds is 4. The first-order chi connectivity index (χ1) is 10.6. The fraction of sp³-hybridized carbons (Fsp3) is 0.444. The third kappa shape index (κ3) is 3.56. The van der Waals surface area contributed by atoms with Gasteiger partial charge in [-0.1, -0.05) is 18.2 Å². The minimum absolute atomic E-state index is 0.0355. The van der Waals surface area contributed by atoms with Crippen molar-refractivity contribution in [1.29, 1.82) is 0 Å². The molecule has 22 heavy (non-hydrogen) atoms. The number of nitrogens with one attached hydrogen (secondary N) is 2. The van der Waals surface area contributed by atoms with Crippen LogP contribution < -0.4 is 10.6 Å². The maximum absolute atomic E-state index is 12.3. The van der Waals surface area contributed by atoms with Gasteiger partial charge in [-0.15, -0.1) is 0 Å². The van der Waals surface area contributed by atoms with Crippen LogP contribution in [0.5, 0.6) is 0 Å². The highest BCUT2D eigenvalue weighted by Gasteiger charge is 2.24. The van der Waals surface area contributed by atoms with Crippen molar-refractivity contribution in [2.75, 3.05) is 5.32 Å². The monoisotopic (exact) mass is 298 g/mol. The van der Waals surface area contributed by atoms with Gasteiger partial charge in [0.1, 0.15) is 0 Å². The van der Waals surface area contributed by atoms with Gasteiger partial charge in [0, 0.05) is 23.2 Å². The van der Waals surface area contributed by atoms with E-state index in [1.165, 1.54) is 0 Å². The molecule has 0 bridgehead atoms. The third-order valence-corrected chi connectivity index (χ3v) is 4.31. The van der Waals surface area contributed by atoms with Gasteiger partial charge >= 0.3 is 0 Å². The average Bonchev–Trinajstić information content (AvgIpc) is 3.34. The van der Waals surface area contributed by atoms with E-state index in [0.29, 0.717) is 11.6 Å². The summed E-state index contributed by atoms with van der Waals surface area (Å²) >= 11 is 0. The van der Waals surface area contributed by atoms with Gasteiger partial charge in [0.25, 0.3) is 5.91 Å². The van der Waals surface area contributed by atoms with Crippen LogP contribution in [0.1, 0.15) is 48.0 Å². The van der Waals surface area contributed by atoms with E-state index in [4.69, 9.17) is 0 Å². The number of amides is 2. The van der Waals surface area contributed by atoms with Crippen LogP contribution >= 0.6 is 0 Å². The molecule has 4 nitrogen and oxygen atoms in total. The zero-order chi connectivity index (χ0) is 15.5. The SMILES string of the molecule is Cc1ccc(C(=O)NC2CC2)cc1NC(=O)C1CC=CCC1. The Morgan fingerprint density at radius 3 is 2.64 bits per heavy atom. The highest BCUT2D eigenvalue weighted by molar-refractivity contribution is 5.98. The molecule has 0 aromatic heterocycles. The van der Waals surface area contributed by atoms with Crippen molar-refractivity contribution < 1.29 is 9.59 Å². The van der Waals surface area contributed by atoms with E-state index in [0.717, 1.165) is 43.4 Å². The molecule has 0 saturated heterocycles. The standard InChI is InChI=1S/C18H22N2O2/c1-12-7-8-14(18(22)19-15-9-10-15)11-16(12)20-17(21)13-5-3-2-4-6-13/h2-3,7-8,11,13,15H,4-6,9-10H2,1H3,(H,19,22)(H,20,21). The summed E-state index contributed by atoms with van der Waals surface area (Å²) in [6.07, 6.45) is 8.97. The minimum atomic E-state index is -0.0569. The molecule has 0 spiro atoms. The van der Waals surface area contributed by atoms with Gasteiger partial charge < -0.3 is 10.6 Å². The molecule has 0 radical (unpaired) electrons. The van der Waals surface area contributed by atoms with Crippen molar-refractivity contribution in [3.8, 4) is 0 Å². The molecule has 1 aromatic carbocycles. The van der Waals surface area contributed by atoms with Crippen LogP contribution in [-0.4, -0.2) is 17.9 Å². The Kier molecular flexibility index (Phi) is 4.27. The fourth-order valence-corrected chi connectivity index (χ4v) is 2.66. The third-order valence-electron chi connectivity index (χ3n) is 4.31. The molecule has 116 valence electrons. The van der Waals surface area contributed by atoms with Crippen LogP contribution in [-0.2, 0) is 4.79 Å². The Labute approximate surface area is 131 Å². The first kappa shape index (κ1) is 14.8. The molecule has 2 aliphatic rings. The van der Waals surface area contributed by atoms with Gasteiger partial charge in [-0.3, -0.25) is 9.59 Å². The van der Waals surface area contributed by atoms with E-state index >= 15 is 0 Å². The first-order valence-corrected chi connectivity index (χ1v) is 8.01. The average molecular weight is 298 g/mol. The van der Waals surface area contributed by atoms with Crippen LogP contribution in [0.2, 0.25) is 0 Å². The molecule has 1 aromatic rings. The van der Waals surface area contributed by atoms with Crippen molar-refractivity contribution in [1.82, 2.24) is 5.32 Å². The van der Waals surface area contributed by atoms with E-state index in [9.17, 15) is 9.59 Å². The second-order valence-corrected chi connectivity index (χ2v) is 6.25. The molecule has 1 fully saturated rings. The molecular formula is C18H22N2O2. The smallest absolute Gasteiger partial charge is 0.251 e. The minimum Gasteiger partial charge on any atom is -0.349 e. The number of hydrogen-bond acceptors (Lipinski definition) is 2. The Hall–Kier alpha value is -2.10. The molecule has 0 aliphatic heterocycles. The maximum atomic E-state index is 12.3. The zero-order valence-electron chi connectivity index (χ0n) is 12.9. The molecule has 1 unspecified atom stereocenters. The predicted octanol–water partition coefficient (Wildman–Crippen LogP) is 3.18. The molecule has 2 amide bonds. The normalized spacial score (nSPS) is 20.5. The molecular weight excluding hydrogens is 276 g/mol. The quantitative estimate of drug-likeness (QED) is 0.839. The summed E-state index contributed by atoms with van der Waals surface area (Å²) in [7, 11) is 0. The molecule has 2 N–H and O–H groups in total. The fourth-order valence-electron chi connectivity index (χ4n) is 2.66. The molecule has 0 heterocycles. The van der Waals surface area contributed by atoms with Crippen LogP contribution in [0.15, 0.2) is 30.4 Å². The number of anilines is 1. The summed E-state index contributed by atoms with van der Waals surface area (Å²) in [5, 5.41) is 5.96. The largest absolute Gasteiger partial charge is 0.349 e. The molecule has 1 atom stereocenters. The number of aryl methyl sites for hydroxylation is 1. The van der Waals surface area contributed by atoms with E-state index in [1.807, 2.05) is 19.1 Å². The van der Waals surface area contributed by atoms with E-state index in [1.54, 1.807) is 6.07 Å². The Bertz CT molecular complexity index is 618. The number of allylic oxidation sites excluding steroid dienone is 2. The maximum Gasteiger partial charge on any atom is 0.251 e. The first-order valence-electron chi connectivity index (χ1n) is 8.01. The lowest BCUT2D eigenvalue weighted by Crippen LogP contribution is -2.26. The van der Waals surface area contributed by atoms with Gasteiger partial charge in [-0.25, -0.2) is 0 Å². The second kappa shape index (κ2) is 6.34. The van der Waals surface area contributed by atoms with Crippen molar-refractivity contribution in [3.63, 3.8) is 0 Å². The van der Waals surface area contributed by atoms with Crippen molar-refractivity contribution in [2.24, 2.45) is 5.92 Å². The zero-order valence-corrected chi connectivity index (χ0v) is 12.9. The van der Waals surface area contributed by atoms with E-state index in [2.05, 4.69) is 22.8 Å². The summed E-state index contributed by atoms with van der Waals surface area (Å²) in [5.74, 6) is 0.0270. The van der Waals surface area contributed by atoms with E-state index in [-0.39, 0.29) is 17.7 Å². The lowest BCUT2D eigenvalue weighted by atomic mass is 9.93. The molecule has 1 saturated carbocycles. The van der Waals surface area contributed by atoms with Gasteiger partial charge in [0.05, 0.1) is 0 Å². The van der Waals surface area contributed by atoms with Crippen LogP contribution in [0, 0.1) is 12.8 Å². The number of hydrogen-bond donors (Lipinski definition) is 2. The lowest BCUT2D eigenvalue weighted by molar-refractivity contribution is -0.120. The number of carbonyl (C=O) groups excluding carboxylic acids is 2. The molecule has 2 aliphatic carbocycles. The van der Waals surface area contributed by atoms with E-state index < -0.39 is 0 Å². The molecule has 4 heteroatoms. The summed E-state index contributed by atoms with van der Waals surface area (Å²) in [6.45, 7) is 1.94. The van der Waals surface area contributed by atoms with Crippen LogP contribution in [0.25, 0.3) is 0 Å².